The van der Waals surface area contributed by atoms with Gasteiger partial charge >= 0.3 is 0 Å². The number of fused-ring (bicyclic) bond motifs is 2. The lowest BCUT2D eigenvalue weighted by atomic mass is 9.96. The van der Waals surface area contributed by atoms with Crippen molar-refractivity contribution in [2.45, 2.75) is 12.8 Å². The molecule has 152 valence electrons. The van der Waals surface area contributed by atoms with Crippen LogP contribution in [0.5, 0.6) is 11.5 Å². The number of aromatic nitrogens is 2. The van der Waals surface area contributed by atoms with E-state index in [9.17, 15) is 4.79 Å². The van der Waals surface area contributed by atoms with Crippen LogP contribution < -0.4 is 14.8 Å². The first-order chi connectivity index (χ1) is 14.7. The molecule has 0 atom stereocenters. The predicted molar refractivity (Wildman–Crippen MR) is 117 cm³/mol. The smallest absolute Gasteiger partial charge is 0.232 e. The third-order valence-corrected chi connectivity index (χ3v) is 5.74. The number of para-hydroxylation sites is 1. The first kappa shape index (κ1) is 18.6. The molecule has 1 saturated heterocycles. The van der Waals surface area contributed by atoms with Crippen LogP contribution in [-0.2, 0) is 0 Å². The highest BCUT2D eigenvalue weighted by Crippen LogP contribution is 2.41. The standard InChI is InChI=1S/C24H23N3O3/c1-29-21-9-8-18-23(28)22(14-20-16-4-2-3-5-19(16)26-27-20)30-24(18)17(21)7-6-15-10-12-25-13-11-15/h2-9,14-15,25H,10-13H2,1H3,(H,26,27)/b7-6-,22-14-. The Morgan fingerprint density at radius 3 is 2.83 bits per heavy atom. The monoisotopic (exact) mass is 401 g/mol. The minimum Gasteiger partial charge on any atom is -0.496 e. The van der Waals surface area contributed by atoms with Crippen LogP contribution in [-0.4, -0.2) is 36.2 Å². The minimum atomic E-state index is -0.142. The summed E-state index contributed by atoms with van der Waals surface area (Å²) in [6.45, 7) is 2.05. The van der Waals surface area contributed by atoms with Gasteiger partial charge in [-0.2, -0.15) is 5.10 Å². The van der Waals surface area contributed by atoms with Crippen LogP contribution in [0.25, 0.3) is 23.1 Å². The predicted octanol–water partition coefficient (Wildman–Crippen LogP) is 4.20. The first-order valence-electron chi connectivity index (χ1n) is 10.2. The Bertz CT molecular complexity index is 1170. The van der Waals surface area contributed by atoms with Gasteiger partial charge in [-0.15, -0.1) is 0 Å². The fraction of sp³-hybridized carbons (Fsp3) is 0.250. The highest BCUT2D eigenvalue weighted by Gasteiger charge is 2.31. The lowest BCUT2D eigenvalue weighted by Crippen LogP contribution is -2.26. The number of rotatable bonds is 4. The van der Waals surface area contributed by atoms with Crippen molar-refractivity contribution in [2.75, 3.05) is 20.2 Å². The largest absolute Gasteiger partial charge is 0.496 e. The van der Waals surface area contributed by atoms with Gasteiger partial charge in [0.15, 0.2) is 5.76 Å². The van der Waals surface area contributed by atoms with Gasteiger partial charge in [-0.3, -0.25) is 9.89 Å². The number of methoxy groups -OCH3 is 1. The maximum atomic E-state index is 13.0. The van der Waals surface area contributed by atoms with Crippen LogP contribution in [0.2, 0.25) is 0 Å². The Balaban J connectivity index is 1.51. The van der Waals surface area contributed by atoms with Gasteiger partial charge in [0.2, 0.25) is 5.78 Å². The molecule has 3 heterocycles. The molecule has 0 spiro atoms. The summed E-state index contributed by atoms with van der Waals surface area (Å²) in [7, 11) is 1.63. The third kappa shape index (κ3) is 3.29. The number of Topliss-reactive ketones (excluding diaryl/α,β-unsaturated/α-hetero) is 1. The van der Waals surface area contributed by atoms with E-state index in [-0.39, 0.29) is 11.5 Å². The van der Waals surface area contributed by atoms with Crippen LogP contribution in [0.4, 0.5) is 0 Å². The molecule has 1 aromatic heterocycles. The Morgan fingerprint density at radius 2 is 2.00 bits per heavy atom. The number of aromatic amines is 1. The van der Waals surface area contributed by atoms with E-state index in [1.165, 1.54) is 0 Å². The maximum absolute atomic E-state index is 13.0. The molecule has 5 rings (SSSR count). The van der Waals surface area contributed by atoms with Crippen LogP contribution >= 0.6 is 0 Å². The molecule has 2 N–H and O–H groups in total. The molecular formula is C24H23N3O3. The lowest BCUT2D eigenvalue weighted by Gasteiger charge is -2.19. The van der Waals surface area contributed by atoms with Crippen molar-refractivity contribution in [3.8, 4) is 11.5 Å². The van der Waals surface area contributed by atoms with Gasteiger partial charge in [-0.25, -0.2) is 0 Å². The summed E-state index contributed by atoms with van der Waals surface area (Å²) in [4.78, 5) is 13.0. The number of ether oxygens (including phenoxy) is 2. The van der Waals surface area contributed by atoms with E-state index in [2.05, 4.69) is 21.6 Å². The van der Waals surface area contributed by atoms with Crippen molar-refractivity contribution in [3.63, 3.8) is 0 Å². The Hall–Kier alpha value is -3.38. The van der Waals surface area contributed by atoms with Gasteiger partial charge in [0.1, 0.15) is 11.5 Å². The number of benzene rings is 2. The number of hydrogen-bond donors (Lipinski definition) is 2. The van der Waals surface area contributed by atoms with Gasteiger partial charge < -0.3 is 14.8 Å². The molecule has 0 saturated carbocycles. The summed E-state index contributed by atoms with van der Waals surface area (Å²) in [5.41, 5.74) is 2.95. The van der Waals surface area contributed by atoms with Crippen molar-refractivity contribution in [3.05, 3.63) is 65.1 Å². The van der Waals surface area contributed by atoms with E-state index in [1.807, 2.05) is 36.4 Å². The molecule has 2 aromatic carbocycles. The Kier molecular flexibility index (Phi) is 4.85. The van der Waals surface area contributed by atoms with Gasteiger partial charge in [0, 0.05) is 11.5 Å². The van der Waals surface area contributed by atoms with Crippen molar-refractivity contribution in [1.29, 1.82) is 0 Å². The quantitative estimate of drug-likeness (QED) is 0.641. The lowest BCUT2D eigenvalue weighted by molar-refractivity contribution is 0.101. The molecule has 2 aliphatic heterocycles. The average molecular weight is 401 g/mol. The zero-order valence-electron chi connectivity index (χ0n) is 16.8. The third-order valence-electron chi connectivity index (χ3n) is 5.74. The van der Waals surface area contributed by atoms with E-state index >= 15 is 0 Å². The van der Waals surface area contributed by atoms with Crippen molar-refractivity contribution >= 4 is 28.8 Å². The molecule has 2 aliphatic rings. The first-order valence-corrected chi connectivity index (χ1v) is 10.2. The highest BCUT2D eigenvalue weighted by atomic mass is 16.5. The van der Waals surface area contributed by atoms with Gasteiger partial charge in [0.05, 0.1) is 29.4 Å². The summed E-state index contributed by atoms with van der Waals surface area (Å²) in [5, 5.41) is 11.6. The van der Waals surface area contributed by atoms with E-state index in [0.717, 1.165) is 42.4 Å². The second kappa shape index (κ2) is 7.80. The second-order valence-corrected chi connectivity index (χ2v) is 7.60. The molecule has 0 amide bonds. The molecule has 0 bridgehead atoms. The number of piperidine rings is 1. The fourth-order valence-electron chi connectivity index (χ4n) is 4.08. The van der Waals surface area contributed by atoms with Crippen molar-refractivity contribution in [2.24, 2.45) is 5.92 Å². The summed E-state index contributed by atoms with van der Waals surface area (Å²) in [6, 6.07) is 11.4. The van der Waals surface area contributed by atoms with Gasteiger partial charge in [-0.05, 0) is 50.0 Å². The highest BCUT2D eigenvalue weighted by molar-refractivity contribution is 6.15. The number of nitrogens with zero attached hydrogens (tertiary/aromatic N) is 1. The average Bonchev–Trinajstić information content (AvgIpc) is 3.34. The van der Waals surface area contributed by atoms with Crippen LogP contribution in [0.15, 0.2) is 48.2 Å². The number of hydrogen-bond acceptors (Lipinski definition) is 5. The number of carbonyl (C=O) groups excluding carboxylic acids is 1. The van der Waals surface area contributed by atoms with Crippen LogP contribution in [0.1, 0.15) is 34.5 Å². The molecule has 30 heavy (non-hydrogen) atoms. The summed E-state index contributed by atoms with van der Waals surface area (Å²) >= 11 is 0. The molecule has 3 aromatic rings. The normalized spacial score (nSPS) is 18.3. The van der Waals surface area contributed by atoms with Crippen LogP contribution in [0, 0.1) is 5.92 Å². The number of nitrogens with one attached hydrogen (secondary N) is 2. The fourth-order valence-corrected chi connectivity index (χ4v) is 4.08. The summed E-state index contributed by atoms with van der Waals surface area (Å²) < 4.78 is 11.6. The van der Waals surface area contributed by atoms with E-state index in [4.69, 9.17) is 9.47 Å². The maximum Gasteiger partial charge on any atom is 0.232 e. The molecular weight excluding hydrogens is 378 g/mol. The molecule has 6 heteroatoms. The SMILES string of the molecule is COc1ccc2c(c1/C=C\C1CCNCC1)O/C(=C\c1n[nH]c3ccccc13)C2=O. The van der Waals surface area contributed by atoms with Gasteiger partial charge in [-0.1, -0.05) is 30.4 Å². The topological polar surface area (TPSA) is 76.2 Å². The van der Waals surface area contributed by atoms with E-state index < -0.39 is 0 Å². The minimum absolute atomic E-state index is 0.142. The number of allylic oxidation sites excluding steroid dienone is 2. The van der Waals surface area contributed by atoms with Gasteiger partial charge in [0.25, 0.3) is 0 Å². The Labute approximate surface area is 174 Å². The summed E-state index contributed by atoms with van der Waals surface area (Å²) in [6.07, 6.45) is 8.15. The molecule has 0 unspecified atom stereocenters. The zero-order chi connectivity index (χ0) is 20.5. The van der Waals surface area contributed by atoms with E-state index in [1.54, 1.807) is 19.3 Å². The van der Waals surface area contributed by atoms with E-state index in [0.29, 0.717) is 28.7 Å². The van der Waals surface area contributed by atoms with Crippen LogP contribution in [0.3, 0.4) is 0 Å². The molecule has 0 aliphatic carbocycles. The molecule has 6 nitrogen and oxygen atoms in total. The number of H-pyrrole nitrogens is 1. The number of carbonyl (C=O) groups is 1. The Morgan fingerprint density at radius 1 is 1.17 bits per heavy atom. The summed E-state index contributed by atoms with van der Waals surface area (Å²) in [5.74, 6) is 1.88. The second-order valence-electron chi connectivity index (χ2n) is 7.60. The van der Waals surface area contributed by atoms with Crippen molar-refractivity contribution in [1.82, 2.24) is 15.5 Å². The molecule has 1 fully saturated rings. The zero-order valence-corrected chi connectivity index (χ0v) is 16.8. The van der Waals surface area contributed by atoms with Crippen molar-refractivity contribution < 1.29 is 14.3 Å². The molecule has 0 radical (unpaired) electrons. The number of ketones is 1.